The number of thioether (sulfide) groups is 1. The van der Waals surface area contributed by atoms with Crippen molar-refractivity contribution in [2.45, 2.75) is 30.1 Å². The highest BCUT2D eigenvalue weighted by molar-refractivity contribution is 8.01. The summed E-state index contributed by atoms with van der Waals surface area (Å²) in [4.78, 5) is 11.8. The summed E-state index contributed by atoms with van der Waals surface area (Å²) in [6, 6.07) is 3.95. The Morgan fingerprint density at radius 3 is 3.14 bits per heavy atom. The van der Waals surface area contributed by atoms with Crippen molar-refractivity contribution in [3.63, 3.8) is 0 Å². The van der Waals surface area contributed by atoms with Gasteiger partial charge in [-0.25, -0.2) is 0 Å². The third kappa shape index (κ3) is 3.96. The van der Waals surface area contributed by atoms with Crippen molar-refractivity contribution in [2.24, 2.45) is 5.92 Å². The highest BCUT2D eigenvalue weighted by Crippen LogP contribution is 2.47. The van der Waals surface area contributed by atoms with Crippen LogP contribution in [-0.2, 0) is 11.3 Å². The zero-order chi connectivity index (χ0) is 14.8. The van der Waals surface area contributed by atoms with Gasteiger partial charge in [-0.3, -0.25) is 9.89 Å². The summed E-state index contributed by atoms with van der Waals surface area (Å²) in [5.74, 6) is 3.41. The standard InChI is InChI=1S/C13H15N3O2S3/c1-7-4-9(7)10-3-2-8(18-10)5-14-11(17)6-20-13-16-15-12(19)21-13/h2-3,7,9H,4-6H2,1H3,(H,14,17)(H,15,19). The molecule has 1 fully saturated rings. The van der Waals surface area contributed by atoms with E-state index in [0.717, 1.165) is 21.8 Å². The first-order valence-corrected chi connectivity index (χ1v) is 8.86. The van der Waals surface area contributed by atoms with Crippen molar-refractivity contribution >= 4 is 41.2 Å². The van der Waals surface area contributed by atoms with Crippen LogP contribution in [0.15, 0.2) is 20.9 Å². The molecule has 0 saturated heterocycles. The first kappa shape index (κ1) is 14.8. The minimum atomic E-state index is -0.0427. The topological polar surface area (TPSA) is 70.9 Å². The van der Waals surface area contributed by atoms with E-state index < -0.39 is 0 Å². The molecule has 2 aromatic rings. The number of carbonyl (C=O) groups is 1. The Bertz CT molecular complexity index is 691. The molecule has 2 heterocycles. The lowest BCUT2D eigenvalue weighted by Crippen LogP contribution is -2.24. The van der Waals surface area contributed by atoms with E-state index in [9.17, 15) is 4.79 Å². The molecule has 3 rings (SSSR count). The third-order valence-electron chi connectivity index (χ3n) is 3.36. The lowest BCUT2D eigenvalue weighted by Gasteiger charge is -2.01. The van der Waals surface area contributed by atoms with Gasteiger partial charge >= 0.3 is 0 Å². The van der Waals surface area contributed by atoms with Gasteiger partial charge in [0.1, 0.15) is 11.5 Å². The number of aromatic nitrogens is 2. The second kappa shape index (κ2) is 6.33. The summed E-state index contributed by atoms with van der Waals surface area (Å²) >= 11 is 7.68. The molecule has 0 radical (unpaired) electrons. The molecule has 8 heteroatoms. The van der Waals surface area contributed by atoms with Gasteiger partial charge in [-0.1, -0.05) is 30.0 Å². The number of hydrogen-bond acceptors (Lipinski definition) is 6. The molecule has 5 nitrogen and oxygen atoms in total. The number of nitrogens with zero attached hydrogens (tertiary/aromatic N) is 1. The smallest absolute Gasteiger partial charge is 0.230 e. The SMILES string of the molecule is CC1CC1c1ccc(CNC(=O)CSc2n[nH]c(=S)s2)o1. The molecular formula is C13H15N3O2S3. The predicted octanol–water partition coefficient (Wildman–Crippen LogP) is 3.33. The van der Waals surface area contributed by atoms with Crippen LogP contribution in [0, 0.1) is 9.87 Å². The number of hydrogen-bond donors (Lipinski definition) is 2. The zero-order valence-electron chi connectivity index (χ0n) is 11.4. The minimum absolute atomic E-state index is 0.0427. The highest BCUT2D eigenvalue weighted by atomic mass is 32.2. The van der Waals surface area contributed by atoms with Gasteiger partial charge in [0.05, 0.1) is 12.3 Å². The molecule has 1 aliphatic rings. The van der Waals surface area contributed by atoms with Crippen molar-refractivity contribution in [3.05, 3.63) is 27.6 Å². The molecule has 1 aliphatic carbocycles. The van der Waals surface area contributed by atoms with Gasteiger partial charge in [-0.05, 0) is 36.7 Å². The molecule has 1 saturated carbocycles. The van der Waals surface area contributed by atoms with Crippen molar-refractivity contribution in [3.8, 4) is 0 Å². The normalized spacial score (nSPS) is 20.4. The molecule has 0 aliphatic heterocycles. The Kier molecular flexibility index (Phi) is 4.46. The Labute approximate surface area is 135 Å². The van der Waals surface area contributed by atoms with Gasteiger partial charge < -0.3 is 9.73 Å². The second-order valence-corrected chi connectivity index (χ2v) is 7.96. The van der Waals surface area contributed by atoms with E-state index in [4.69, 9.17) is 16.6 Å². The van der Waals surface area contributed by atoms with Gasteiger partial charge in [0.2, 0.25) is 5.91 Å². The molecule has 2 aromatic heterocycles. The Morgan fingerprint density at radius 1 is 1.67 bits per heavy atom. The monoisotopic (exact) mass is 341 g/mol. The van der Waals surface area contributed by atoms with Gasteiger partial charge in [-0.2, -0.15) is 5.10 Å². The second-order valence-electron chi connectivity index (χ2n) is 5.07. The first-order chi connectivity index (χ1) is 10.1. The van der Waals surface area contributed by atoms with Gasteiger partial charge in [-0.15, -0.1) is 0 Å². The van der Waals surface area contributed by atoms with E-state index in [2.05, 4.69) is 22.4 Å². The fourth-order valence-corrected chi connectivity index (χ4v) is 3.96. The lowest BCUT2D eigenvalue weighted by molar-refractivity contribution is -0.118. The fraction of sp³-hybridized carbons (Fsp3) is 0.462. The Hall–Kier alpha value is -1.12. The molecule has 0 aromatic carbocycles. The third-order valence-corrected chi connectivity index (χ3v) is 5.59. The Morgan fingerprint density at radius 2 is 2.48 bits per heavy atom. The summed E-state index contributed by atoms with van der Waals surface area (Å²) < 4.78 is 7.14. The maximum atomic E-state index is 11.8. The van der Waals surface area contributed by atoms with E-state index in [1.54, 1.807) is 0 Å². The molecule has 0 spiro atoms. The predicted molar refractivity (Wildman–Crippen MR) is 85.1 cm³/mol. The fourth-order valence-electron chi connectivity index (χ4n) is 2.05. The number of carbonyl (C=O) groups excluding carboxylic acids is 1. The van der Waals surface area contributed by atoms with E-state index in [-0.39, 0.29) is 5.91 Å². The summed E-state index contributed by atoms with van der Waals surface area (Å²) in [6.45, 7) is 2.65. The maximum Gasteiger partial charge on any atom is 0.230 e. The van der Waals surface area contributed by atoms with Crippen LogP contribution in [0.5, 0.6) is 0 Å². The summed E-state index contributed by atoms with van der Waals surface area (Å²) in [7, 11) is 0. The number of furan rings is 1. The molecule has 0 bridgehead atoms. The van der Waals surface area contributed by atoms with Crippen LogP contribution in [0.2, 0.25) is 0 Å². The number of aromatic amines is 1. The quantitative estimate of drug-likeness (QED) is 0.623. The van der Waals surface area contributed by atoms with E-state index in [0.29, 0.717) is 22.2 Å². The van der Waals surface area contributed by atoms with Crippen LogP contribution in [0.1, 0.15) is 30.8 Å². The highest BCUT2D eigenvalue weighted by Gasteiger charge is 2.36. The average Bonchev–Trinajstić information content (AvgIpc) is 2.89. The van der Waals surface area contributed by atoms with Crippen LogP contribution in [-0.4, -0.2) is 21.9 Å². The molecule has 1 amide bonds. The van der Waals surface area contributed by atoms with Crippen molar-refractivity contribution < 1.29 is 9.21 Å². The summed E-state index contributed by atoms with van der Waals surface area (Å²) in [5, 5.41) is 9.53. The number of H-pyrrole nitrogens is 1. The molecule has 2 unspecified atom stereocenters. The van der Waals surface area contributed by atoms with Crippen LogP contribution in [0.4, 0.5) is 0 Å². The summed E-state index contributed by atoms with van der Waals surface area (Å²) in [6.07, 6.45) is 1.20. The van der Waals surface area contributed by atoms with E-state index >= 15 is 0 Å². The average molecular weight is 341 g/mol. The van der Waals surface area contributed by atoms with Crippen molar-refractivity contribution in [1.29, 1.82) is 0 Å². The van der Waals surface area contributed by atoms with Crippen LogP contribution in [0.25, 0.3) is 0 Å². The number of rotatable bonds is 6. The number of nitrogens with one attached hydrogen (secondary N) is 2. The minimum Gasteiger partial charge on any atom is -0.464 e. The zero-order valence-corrected chi connectivity index (χ0v) is 13.9. The molecule has 21 heavy (non-hydrogen) atoms. The molecular weight excluding hydrogens is 326 g/mol. The van der Waals surface area contributed by atoms with Crippen molar-refractivity contribution in [2.75, 3.05) is 5.75 Å². The van der Waals surface area contributed by atoms with E-state index in [1.165, 1.54) is 29.5 Å². The molecule has 2 N–H and O–H groups in total. The lowest BCUT2D eigenvalue weighted by atomic mass is 10.3. The van der Waals surface area contributed by atoms with Crippen LogP contribution < -0.4 is 5.32 Å². The van der Waals surface area contributed by atoms with Gasteiger partial charge in [0, 0.05) is 5.92 Å². The number of amides is 1. The first-order valence-electron chi connectivity index (χ1n) is 6.65. The van der Waals surface area contributed by atoms with Crippen molar-refractivity contribution in [1.82, 2.24) is 15.5 Å². The van der Waals surface area contributed by atoms with Gasteiger partial charge in [0.15, 0.2) is 8.29 Å². The molecule has 112 valence electrons. The van der Waals surface area contributed by atoms with Gasteiger partial charge in [0.25, 0.3) is 0 Å². The maximum absolute atomic E-state index is 11.8. The van der Waals surface area contributed by atoms with Crippen LogP contribution >= 0.6 is 35.3 Å². The molecule has 2 atom stereocenters. The summed E-state index contributed by atoms with van der Waals surface area (Å²) in [5.41, 5.74) is 0. The van der Waals surface area contributed by atoms with E-state index in [1.807, 2.05) is 12.1 Å². The van der Waals surface area contributed by atoms with Crippen LogP contribution in [0.3, 0.4) is 0 Å². The largest absolute Gasteiger partial charge is 0.464 e. The Balaban J connectivity index is 1.43.